The Morgan fingerprint density at radius 2 is 1.91 bits per heavy atom. The summed E-state index contributed by atoms with van der Waals surface area (Å²) < 4.78 is 6.41. The highest BCUT2D eigenvalue weighted by atomic mass is 32.1. The van der Waals surface area contributed by atoms with E-state index in [1.807, 2.05) is 65.4 Å². The highest BCUT2D eigenvalue weighted by Gasteiger charge is 2.22. The lowest BCUT2D eigenvalue weighted by Gasteiger charge is -2.20. The number of para-hydroxylation sites is 1. The van der Waals surface area contributed by atoms with Crippen LogP contribution in [-0.4, -0.2) is 21.0 Å². The molecule has 0 saturated heterocycles. The zero-order valence-electron chi connectivity index (χ0n) is 17.4. The van der Waals surface area contributed by atoms with Crippen LogP contribution in [0.3, 0.4) is 0 Å². The van der Waals surface area contributed by atoms with Gasteiger partial charge in [-0.25, -0.2) is 4.98 Å². The van der Waals surface area contributed by atoms with Gasteiger partial charge in [-0.05, 0) is 47.7 Å². The summed E-state index contributed by atoms with van der Waals surface area (Å²) in [6, 6.07) is 17.9. The van der Waals surface area contributed by atoms with E-state index in [2.05, 4.69) is 17.1 Å². The van der Waals surface area contributed by atoms with Crippen molar-refractivity contribution in [3.05, 3.63) is 76.8 Å². The summed E-state index contributed by atoms with van der Waals surface area (Å²) in [5.41, 5.74) is 3.82. The molecule has 0 unspecified atom stereocenters. The van der Waals surface area contributed by atoms with E-state index in [1.165, 1.54) is 16.9 Å². The lowest BCUT2D eigenvalue weighted by molar-refractivity contribution is -0.117. The topological polar surface area (TPSA) is 72.1 Å². The zero-order chi connectivity index (χ0) is 21.9. The molecule has 0 N–H and O–H groups in total. The van der Waals surface area contributed by atoms with E-state index >= 15 is 0 Å². The quantitative estimate of drug-likeness (QED) is 0.286. The van der Waals surface area contributed by atoms with Crippen molar-refractivity contribution < 1.29 is 9.32 Å². The maximum absolute atomic E-state index is 13.4. The Kier molecular flexibility index (Phi) is 5.79. The van der Waals surface area contributed by atoms with Crippen LogP contribution in [0.2, 0.25) is 0 Å². The van der Waals surface area contributed by atoms with Gasteiger partial charge in [-0.15, -0.1) is 0 Å². The molecule has 0 aliphatic heterocycles. The van der Waals surface area contributed by atoms with Crippen LogP contribution in [0.15, 0.2) is 69.9 Å². The number of amides is 1. The van der Waals surface area contributed by atoms with Gasteiger partial charge in [0.25, 0.3) is 0 Å². The largest absolute Gasteiger partial charge is 0.339 e. The van der Waals surface area contributed by atoms with Crippen LogP contribution in [-0.2, 0) is 17.6 Å². The summed E-state index contributed by atoms with van der Waals surface area (Å²) >= 11 is 3.08. The molecule has 160 valence electrons. The fourth-order valence-corrected chi connectivity index (χ4v) is 5.03. The summed E-state index contributed by atoms with van der Waals surface area (Å²) in [7, 11) is 0. The number of benzene rings is 2. The monoisotopic (exact) mass is 460 g/mol. The molecule has 6 nitrogen and oxygen atoms in total. The lowest BCUT2D eigenvalue weighted by Crippen LogP contribution is -2.26. The van der Waals surface area contributed by atoms with Crippen LogP contribution >= 0.6 is 22.7 Å². The van der Waals surface area contributed by atoms with Crippen LogP contribution in [0.1, 0.15) is 24.8 Å². The first-order valence-electron chi connectivity index (χ1n) is 10.3. The van der Waals surface area contributed by atoms with Gasteiger partial charge in [0.15, 0.2) is 5.13 Å². The predicted molar refractivity (Wildman–Crippen MR) is 129 cm³/mol. The maximum atomic E-state index is 13.4. The van der Waals surface area contributed by atoms with Crippen molar-refractivity contribution in [2.24, 2.45) is 0 Å². The van der Waals surface area contributed by atoms with Gasteiger partial charge in [0, 0.05) is 23.8 Å². The average Bonchev–Trinajstić information content (AvgIpc) is 3.58. The van der Waals surface area contributed by atoms with Crippen molar-refractivity contribution in [1.29, 1.82) is 0 Å². The Morgan fingerprint density at radius 3 is 2.66 bits per heavy atom. The minimum Gasteiger partial charge on any atom is -0.339 e. The third kappa shape index (κ3) is 4.19. The van der Waals surface area contributed by atoms with E-state index in [4.69, 9.17) is 9.51 Å². The van der Waals surface area contributed by atoms with Crippen LogP contribution in [0, 0.1) is 0 Å². The molecule has 32 heavy (non-hydrogen) atoms. The number of nitrogens with zero attached hydrogens (tertiary/aromatic N) is 4. The molecule has 0 saturated carbocycles. The number of thiazole rings is 1. The fourth-order valence-electron chi connectivity index (χ4n) is 3.39. The van der Waals surface area contributed by atoms with Gasteiger partial charge in [-0.2, -0.15) is 16.3 Å². The number of rotatable bonds is 7. The molecule has 0 bridgehead atoms. The van der Waals surface area contributed by atoms with E-state index in [0.29, 0.717) is 23.3 Å². The number of fused-ring (bicyclic) bond motifs is 1. The minimum atomic E-state index is -0.0661. The molecule has 5 rings (SSSR count). The summed E-state index contributed by atoms with van der Waals surface area (Å²) in [5.74, 6) is 0.931. The smallest absolute Gasteiger partial charge is 0.233 e. The number of anilines is 2. The lowest BCUT2D eigenvalue weighted by atomic mass is 10.1. The van der Waals surface area contributed by atoms with Crippen molar-refractivity contribution >= 4 is 49.6 Å². The molecule has 0 fully saturated rings. The fraction of sp³-hybridized carbons (Fsp3) is 0.167. The molecule has 0 radical (unpaired) electrons. The molecule has 3 aromatic heterocycles. The van der Waals surface area contributed by atoms with Gasteiger partial charge in [0.2, 0.25) is 17.6 Å². The molecule has 2 aromatic carbocycles. The molecular weight excluding hydrogens is 440 g/mol. The predicted octanol–water partition coefficient (Wildman–Crippen LogP) is 6.27. The number of carbonyl (C=O) groups excluding carboxylic acids is 1. The van der Waals surface area contributed by atoms with Gasteiger partial charge in [-0.1, -0.05) is 47.7 Å². The van der Waals surface area contributed by atoms with E-state index in [1.54, 1.807) is 16.2 Å². The molecule has 0 spiro atoms. The third-order valence-corrected chi connectivity index (χ3v) is 6.83. The Morgan fingerprint density at radius 1 is 1.06 bits per heavy atom. The third-order valence-electron chi connectivity index (χ3n) is 5.13. The van der Waals surface area contributed by atoms with Crippen molar-refractivity contribution in [3.63, 3.8) is 0 Å². The van der Waals surface area contributed by atoms with Gasteiger partial charge in [0.1, 0.15) is 0 Å². The SMILES string of the molecule is CCc1ccc(N(C(=O)CCc2nc(-c3ccsc3)no2)c2nc3ccccc3s2)cc1. The second-order valence-electron chi connectivity index (χ2n) is 7.24. The second-order valence-corrected chi connectivity index (χ2v) is 9.03. The molecule has 1 amide bonds. The van der Waals surface area contributed by atoms with Crippen molar-refractivity contribution in [2.45, 2.75) is 26.2 Å². The van der Waals surface area contributed by atoms with Gasteiger partial charge >= 0.3 is 0 Å². The van der Waals surface area contributed by atoms with E-state index in [-0.39, 0.29) is 12.3 Å². The van der Waals surface area contributed by atoms with E-state index < -0.39 is 0 Å². The number of aryl methyl sites for hydroxylation is 2. The Labute approximate surface area is 193 Å². The van der Waals surface area contributed by atoms with Crippen LogP contribution < -0.4 is 4.90 Å². The molecule has 0 aliphatic rings. The molecule has 8 heteroatoms. The van der Waals surface area contributed by atoms with Crippen molar-refractivity contribution in [2.75, 3.05) is 4.90 Å². The molecular formula is C24H20N4O2S2. The highest BCUT2D eigenvalue weighted by Crippen LogP contribution is 2.34. The van der Waals surface area contributed by atoms with Crippen molar-refractivity contribution in [1.82, 2.24) is 15.1 Å². The van der Waals surface area contributed by atoms with Crippen molar-refractivity contribution in [3.8, 4) is 11.4 Å². The molecule has 5 aromatic rings. The summed E-state index contributed by atoms with van der Waals surface area (Å²) in [6.45, 7) is 2.11. The first-order chi connectivity index (χ1) is 15.7. The molecule has 0 aliphatic carbocycles. The summed E-state index contributed by atoms with van der Waals surface area (Å²) in [4.78, 5) is 24.2. The number of hydrogen-bond acceptors (Lipinski definition) is 7. The number of hydrogen-bond donors (Lipinski definition) is 0. The normalized spacial score (nSPS) is 11.2. The maximum Gasteiger partial charge on any atom is 0.233 e. The van der Waals surface area contributed by atoms with Gasteiger partial charge < -0.3 is 4.52 Å². The van der Waals surface area contributed by atoms with Gasteiger partial charge in [-0.3, -0.25) is 9.69 Å². The molecule has 3 heterocycles. The zero-order valence-corrected chi connectivity index (χ0v) is 19.0. The first kappa shape index (κ1) is 20.5. The van der Waals surface area contributed by atoms with Crippen LogP contribution in [0.5, 0.6) is 0 Å². The van der Waals surface area contributed by atoms with Crippen LogP contribution in [0.25, 0.3) is 21.6 Å². The Hall–Kier alpha value is -3.36. The van der Waals surface area contributed by atoms with Gasteiger partial charge in [0.05, 0.1) is 15.9 Å². The first-order valence-corrected chi connectivity index (χ1v) is 12.1. The molecule has 0 atom stereocenters. The van der Waals surface area contributed by atoms with E-state index in [9.17, 15) is 4.79 Å². The second kappa shape index (κ2) is 9.02. The summed E-state index contributed by atoms with van der Waals surface area (Å²) in [6.07, 6.45) is 1.54. The Balaban J connectivity index is 1.41. The average molecular weight is 461 g/mol. The number of aromatic nitrogens is 3. The van der Waals surface area contributed by atoms with Crippen LogP contribution in [0.4, 0.5) is 10.8 Å². The highest BCUT2D eigenvalue weighted by molar-refractivity contribution is 7.22. The number of thiophene rings is 1. The Bertz CT molecular complexity index is 1310. The number of carbonyl (C=O) groups is 1. The van der Waals surface area contributed by atoms with E-state index in [0.717, 1.165) is 27.9 Å². The summed E-state index contributed by atoms with van der Waals surface area (Å²) in [5, 5.41) is 8.62. The minimum absolute atomic E-state index is 0.0661. The standard InChI is InChI=1S/C24H20N4O2S2/c1-2-16-7-9-18(10-8-16)28(24-25-19-5-3-4-6-20(19)32-24)22(29)12-11-21-26-23(27-30-21)17-13-14-31-15-17/h3-10,13-15H,2,11-12H2,1H3.